The van der Waals surface area contributed by atoms with E-state index in [0.717, 1.165) is 34.1 Å². The van der Waals surface area contributed by atoms with Crippen molar-refractivity contribution in [2.45, 2.75) is 24.2 Å². The summed E-state index contributed by atoms with van der Waals surface area (Å²) >= 11 is 0. The molecule has 0 amide bonds. The van der Waals surface area contributed by atoms with E-state index in [2.05, 4.69) is 12.2 Å². The highest BCUT2D eigenvalue weighted by Gasteiger charge is 2.49. The summed E-state index contributed by atoms with van der Waals surface area (Å²) in [5.41, 5.74) is -0.633. The zero-order valence-electron chi connectivity index (χ0n) is 19.0. The van der Waals surface area contributed by atoms with E-state index in [4.69, 9.17) is 0 Å². The lowest BCUT2D eigenvalue weighted by atomic mass is 10.1. The second-order valence-electron chi connectivity index (χ2n) is 8.72. The lowest BCUT2D eigenvalue weighted by molar-refractivity contribution is 0.557. The van der Waals surface area contributed by atoms with E-state index in [-0.39, 0.29) is 11.3 Å². The van der Waals surface area contributed by atoms with E-state index < -0.39 is 14.3 Å². The lowest BCUT2D eigenvalue weighted by Crippen LogP contribution is -2.39. The number of benzene rings is 4. The van der Waals surface area contributed by atoms with Crippen molar-refractivity contribution in [3.8, 4) is 0 Å². The van der Waals surface area contributed by atoms with Gasteiger partial charge in [0.15, 0.2) is 7.14 Å². The maximum Gasteiger partial charge on any atom is 0.150 e. The zero-order valence-corrected chi connectivity index (χ0v) is 20.8. The maximum atomic E-state index is 15.3. The molecule has 0 spiro atoms. The molecule has 0 saturated heterocycles. The van der Waals surface area contributed by atoms with Gasteiger partial charge in [-0.25, -0.2) is 0 Å². The molecule has 4 aromatic carbocycles. The molecule has 0 fully saturated rings. The van der Waals surface area contributed by atoms with Crippen LogP contribution >= 0.6 is 14.3 Å². The Hall–Kier alpha value is -2.92. The number of rotatable bonds is 6. The standard InChI is InChI=1S/C30H28O2P2/c31-33(25-15-5-1-6-16-25,26-17-7-2-8-18-26)29-23-13-14-24-30(29)34(32,27-19-9-3-10-20-27)28-21-11-4-12-22-28/h1-13,15-23,29-30H,14,24H2/t29-,30-/m1/s1. The molecule has 0 radical (unpaired) electrons. The van der Waals surface area contributed by atoms with Crippen molar-refractivity contribution in [1.29, 1.82) is 0 Å². The molecule has 34 heavy (non-hydrogen) atoms. The third-order valence-electron chi connectivity index (χ3n) is 6.80. The van der Waals surface area contributed by atoms with Crippen molar-refractivity contribution in [2.24, 2.45) is 0 Å². The molecule has 0 heterocycles. The van der Waals surface area contributed by atoms with Crippen LogP contribution in [0.3, 0.4) is 0 Å². The molecule has 170 valence electrons. The fraction of sp³-hybridized carbons (Fsp3) is 0.133. The van der Waals surface area contributed by atoms with Gasteiger partial charge >= 0.3 is 0 Å². The summed E-state index contributed by atoms with van der Waals surface area (Å²) in [6.45, 7) is 0. The van der Waals surface area contributed by atoms with Gasteiger partial charge in [0.1, 0.15) is 7.14 Å². The first-order chi connectivity index (χ1) is 16.6. The molecule has 2 atom stereocenters. The van der Waals surface area contributed by atoms with Crippen LogP contribution < -0.4 is 21.2 Å². The number of allylic oxidation sites excluding steroid dienone is 2. The van der Waals surface area contributed by atoms with Crippen LogP contribution in [0.5, 0.6) is 0 Å². The summed E-state index contributed by atoms with van der Waals surface area (Å²) < 4.78 is 30.7. The molecular weight excluding hydrogens is 454 g/mol. The average Bonchev–Trinajstić information content (AvgIpc) is 2.94. The predicted molar refractivity (Wildman–Crippen MR) is 145 cm³/mol. The highest BCUT2D eigenvalue weighted by Crippen LogP contribution is 2.62. The molecule has 1 aliphatic carbocycles. The van der Waals surface area contributed by atoms with Crippen molar-refractivity contribution in [2.75, 3.05) is 0 Å². The molecule has 1 aliphatic rings. The maximum absolute atomic E-state index is 15.3. The van der Waals surface area contributed by atoms with Gasteiger partial charge in [-0.15, -0.1) is 0 Å². The van der Waals surface area contributed by atoms with Gasteiger partial charge in [-0.1, -0.05) is 133 Å². The quantitative estimate of drug-likeness (QED) is 0.246. The van der Waals surface area contributed by atoms with Gasteiger partial charge in [-0.05, 0) is 12.8 Å². The SMILES string of the molecule is O=P(c1ccccc1)(c1ccccc1)[C@@H]1C=CCC[C@H]1P(=O)(c1ccccc1)c1ccccc1. The van der Waals surface area contributed by atoms with Crippen molar-refractivity contribution in [3.05, 3.63) is 133 Å². The fourth-order valence-electron chi connectivity index (χ4n) is 5.19. The van der Waals surface area contributed by atoms with E-state index in [0.29, 0.717) is 0 Å². The van der Waals surface area contributed by atoms with Gasteiger partial charge < -0.3 is 9.13 Å². The van der Waals surface area contributed by atoms with E-state index in [1.807, 2.05) is 121 Å². The molecule has 0 aromatic heterocycles. The molecule has 0 bridgehead atoms. The summed E-state index contributed by atoms with van der Waals surface area (Å²) in [6, 6.07) is 39.1. The van der Waals surface area contributed by atoms with Crippen LogP contribution in [0.25, 0.3) is 0 Å². The van der Waals surface area contributed by atoms with Gasteiger partial charge in [-0.3, -0.25) is 0 Å². The van der Waals surface area contributed by atoms with Gasteiger partial charge in [-0.2, -0.15) is 0 Å². The second kappa shape index (κ2) is 9.75. The van der Waals surface area contributed by atoms with Crippen LogP contribution in [0.2, 0.25) is 0 Å². The summed E-state index contributed by atoms with van der Waals surface area (Å²) in [6.07, 6.45) is 5.77. The van der Waals surface area contributed by atoms with Gasteiger partial charge in [0.25, 0.3) is 0 Å². The van der Waals surface area contributed by atoms with Gasteiger partial charge in [0, 0.05) is 32.5 Å². The van der Waals surface area contributed by atoms with Crippen LogP contribution in [0.15, 0.2) is 133 Å². The number of hydrogen-bond donors (Lipinski definition) is 0. The summed E-state index contributed by atoms with van der Waals surface area (Å²) in [5, 5.41) is 3.30. The first kappa shape index (κ1) is 22.9. The van der Waals surface area contributed by atoms with Crippen molar-refractivity contribution >= 4 is 35.5 Å². The first-order valence-corrected chi connectivity index (χ1v) is 15.3. The Morgan fingerprint density at radius 1 is 0.500 bits per heavy atom. The minimum atomic E-state index is -3.15. The Morgan fingerprint density at radius 2 is 0.853 bits per heavy atom. The smallest absolute Gasteiger partial charge is 0.150 e. The third kappa shape index (κ3) is 3.96. The van der Waals surface area contributed by atoms with Crippen LogP contribution in [0, 0.1) is 0 Å². The molecule has 5 rings (SSSR count). The lowest BCUT2D eigenvalue weighted by Gasteiger charge is -2.39. The number of hydrogen-bond acceptors (Lipinski definition) is 2. The highest BCUT2D eigenvalue weighted by atomic mass is 31.2. The van der Waals surface area contributed by atoms with Crippen LogP contribution in [-0.2, 0) is 9.13 Å². The third-order valence-corrected chi connectivity index (χ3v) is 14.2. The van der Waals surface area contributed by atoms with Crippen LogP contribution in [-0.4, -0.2) is 11.3 Å². The largest absolute Gasteiger partial charge is 0.313 e. The molecule has 0 aliphatic heterocycles. The van der Waals surface area contributed by atoms with E-state index in [1.54, 1.807) is 0 Å². The Labute approximate surface area is 202 Å². The van der Waals surface area contributed by atoms with Crippen molar-refractivity contribution < 1.29 is 9.13 Å². The first-order valence-electron chi connectivity index (χ1n) is 11.7. The summed E-state index contributed by atoms with van der Waals surface area (Å²) in [4.78, 5) is 0. The van der Waals surface area contributed by atoms with Crippen LogP contribution in [0.1, 0.15) is 12.8 Å². The molecule has 4 aromatic rings. The molecule has 4 heteroatoms. The topological polar surface area (TPSA) is 34.1 Å². The normalized spacial score (nSPS) is 18.5. The van der Waals surface area contributed by atoms with Crippen molar-refractivity contribution in [1.82, 2.24) is 0 Å². The predicted octanol–water partition coefficient (Wildman–Crippen LogP) is 6.10. The Morgan fingerprint density at radius 3 is 1.24 bits per heavy atom. The zero-order chi connectivity index (χ0) is 23.4. The fourth-order valence-corrected chi connectivity index (χ4v) is 12.9. The minimum absolute atomic E-state index is 0.270. The van der Waals surface area contributed by atoms with E-state index in [1.165, 1.54) is 0 Å². The van der Waals surface area contributed by atoms with Crippen molar-refractivity contribution in [3.63, 3.8) is 0 Å². The van der Waals surface area contributed by atoms with E-state index >= 15 is 9.13 Å². The Bertz CT molecular complexity index is 1260. The Balaban J connectivity index is 1.76. The van der Waals surface area contributed by atoms with Gasteiger partial charge in [0.05, 0.1) is 0 Å². The molecule has 0 saturated carbocycles. The van der Waals surface area contributed by atoms with Gasteiger partial charge in [0.2, 0.25) is 0 Å². The molecule has 2 nitrogen and oxygen atoms in total. The summed E-state index contributed by atoms with van der Waals surface area (Å²) in [5.74, 6) is 0. The molecular formula is C30H28O2P2. The average molecular weight is 483 g/mol. The van der Waals surface area contributed by atoms with Crippen LogP contribution in [0.4, 0.5) is 0 Å². The minimum Gasteiger partial charge on any atom is -0.313 e. The Kier molecular flexibility index (Phi) is 6.55. The molecule has 0 N–H and O–H groups in total. The second-order valence-corrected chi connectivity index (χ2v) is 14.7. The summed E-state index contributed by atoms with van der Waals surface area (Å²) in [7, 11) is -6.27. The monoisotopic (exact) mass is 482 g/mol. The van der Waals surface area contributed by atoms with E-state index in [9.17, 15) is 0 Å². The highest BCUT2D eigenvalue weighted by molar-refractivity contribution is 7.83. The molecule has 0 unspecified atom stereocenters.